The smallest absolute Gasteiger partial charge is 0.0642 e. The fourth-order valence-electron chi connectivity index (χ4n) is 2.21. The Kier molecular flexibility index (Phi) is 3.73. The van der Waals surface area contributed by atoms with E-state index >= 15 is 0 Å². The summed E-state index contributed by atoms with van der Waals surface area (Å²) in [7, 11) is -0.270. The highest BCUT2D eigenvalue weighted by atomic mass is 31.1. The molecule has 0 amide bonds. The molecule has 0 aromatic heterocycles. The monoisotopic (exact) mass is 256 g/mol. The fraction of sp³-hybridized carbons (Fsp3) is 0.250. The molecule has 0 spiro atoms. The van der Waals surface area contributed by atoms with Gasteiger partial charge in [0.05, 0.1) is 6.10 Å². The summed E-state index contributed by atoms with van der Waals surface area (Å²) < 4.78 is 5.62. The molecule has 92 valence electrons. The average molecular weight is 256 g/mol. The first-order valence-electron chi connectivity index (χ1n) is 6.43. The van der Waals surface area contributed by atoms with Crippen LogP contribution in [0.15, 0.2) is 60.7 Å². The lowest BCUT2D eigenvalue weighted by molar-refractivity contribution is -0.0348. The Bertz CT molecular complexity index is 439. The van der Waals surface area contributed by atoms with E-state index < -0.39 is 0 Å². The van der Waals surface area contributed by atoms with Crippen molar-refractivity contribution >= 4 is 18.5 Å². The van der Waals surface area contributed by atoms with E-state index in [2.05, 4.69) is 60.7 Å². The summed E-state index contributed by atoms with van der Waals surface area (Å²) in [6, 6.07) is 21.7. The van der Waals surface area contributed by atoms with Gasteiger partial charge in [0.25, 0.3) is 0 Å². The summed E-state index contributed by atoms with van der Waals surface area (Å²) in [6.45, 7) is 0.942. The topological polar surface area (TPSA) is 9.23 Å². The molecule has 1 nitrogen and oxygen atoms in total. The Morgan fingerprint density at radius 2 is 1.39 bits per heavy atom. The maximum absolute atomic E-state index is 5.62. The van der Waals surface area contributed by atoms with Gasteiger partial charge < -0.3 is 4.74 Å². The Morgan fingerprint density at radius 3 is 1.78 bits per heavy atom. The van der Waals surface area contributed by atoms with Gasteiger partial charge in [-0.3, -0.25) is 0 Å². The maximum atomic E-state index is 5.62. The van der Waals surface area contributed by atoms with Crippen molar-refractivity contribution in [1.82, 2.24) is 0 Å². The van der Waals surface area contributed by atoms with Crippen molar-refractivity contribution < 1.29 is 4.74 Å². The standard InChI is InChI=1S/C16H17OP/c1-3-7-15(8-4-1)18(13-14-11-12-17-14)16-9-5-2-6-10-16/h1-10,14H,11-13H2. The highest BCUT2D eigenvalue weighted by Gasteiger charge is 2.24. The predicted octanol–water partition coefficient (Wildman–Crippen LogP) is 2.91. The quantitative estimate of drug-likeness (QED) is 0.764. The van der Waals surface area contributed by atoms with Gasteiger partial charge in [0.1, 0.15) is 0 Å². The first-order chi connectivity index (χ1) is 8.93. The van der Waals surface area contributed by atoms with Crippen LogP contribution < -0.4 is 10.6 Å². The third-order valence-corrected chi connectivity index (χ3v) is 5.93. The van der Waals surface area contributed by atoms with Gasteiger partial charge in [-0.05, 0) is 25.0 Å². The van der Waals surface area contributed by atoms with Crippen LogP contribution in [0.1, 0.15) is 6.42 Å². The lowest BCUT2D eigenvalue weighted by Crippen LogP contribution is -2.32. The lowest BCUT2D eigenvalue weighted by atomic mass is 10.2. The predicted molar refractivity (Wildman–Crippen MR) is 78.3 cm³/mol. The van der Waals surface area contributed by atoms with Gasteiger partial charge in [0, 0.05) is 12.8 Å². The molecule has 1 atom stereocenters. The third kappa shape index (κ3) is 2.63. The van der Waals surface area contributed by atoms with E-state index in [1.807, 2.05) is 0 Å². The molecular formula is C16H17OP. The van der Waals surface area contributed by atoms with Crippen molar-refractivity contribution in [3.63, 3.8) is 0 Å². The second-order valence-corrected chi connectivity index (χ2v) is 6.82. The average Bonchev–Trinajstić information content (AvgIpc) is 2.40. The van der Waals surface area contributed by atoms with Crippen molar-refractivity contribution in [1.29, 1.82) is 0 Å². The van der Waals surface area contributed by atoms with Crippen molar-refractivity contribution in [2.75, 3.05) is 12.8 Å². The van der Waals surface area contributed by atoms with Crippen LogP contribution in [-0.2, 0) is 4.74 Å². The maximum Gasteiger partial charge on any atom is 0.0642 e. The van der Waals surface area contributed by atoms with Crippen LogP contribution in [0, 0.1) is 0 Å². The normalized spacial score (nSPS) is 18.6. The highest BCUT2D eigenvalue weighted by molar-refractivity contribution is 7.73. The van der Waals surface area contributed by atoms with E-state index in [4.69, 9.17) is 4.74 Å². The Balaban J connectivity index is 1.88. The minimum absolute atomic E-state index is 0.270. The molecule has 0 saturated carbocycles. The van der Waals surface area contributed by atoms with E-state index in [0.29, 0.717) is 6.10 Å². The van der Waals surface area contributed by atoms with Crippen LogP contribution >= 0.6 is 7.92 Å². The van der Waals surface area contributed by atoms with E-state index in [0.717, 1.165) is 12.8 Å². The molecule has 2 aromatic carbocycles. The molecule has 1 saturated heterocycles. The van der Waals surface area contributed by atoms with Crippen LogP contribution in [0.3, 0.4) is 0 Å². The van der Waals surface area contributed by atoms with Crippen molar-refractivity contribution in [3.8, 4) is 0 Å². The summed E-state index contributed by atoms with van der Waals surface area (Å²) in [5.41, 5.74) is 0. The molecule has 0 aliphatic carbocycles. The summed E-state index contributed by atoms with van der Waals surface area (Å²) in [6.07, 6.45) is 2.85. The first kappa shape index (κ1) is 11.9. The molecule has 0 N–H and O–H groups in total. The Labute approximate surface area is 110 Å². The zero-order chi connectivity index (χ0) is 12.2. The summed E-state index contributed by atoms with van der Waals surface area (Å²) in [5, 5.41) is 2.91. The van der Waals surface area contributed by atoms with Gasteiger partial charge in [0.15, 0.2) is 0 Å². The first-order valence-corrected chi connectivity index (χ1v) is 7.95. The molecule has 2 aromatic rings. The minimum Gasteiger partial charge on any atom is -0.378 e. The molecule has 18 heavy (non-hydrogen) atoms. The summed E-state index contributed by atoms with van der Waals surface area (Å²) >= 11 is 0. The van der Waals surface area contributed by atoms with Crippen molar-refractivity contribution in [2.45, 2.75) is 12.5 Å². The van der Waals surface area contributed by atoms with E-state index in [-0.39, 0.29) is 7.92 Å². The number of rotatable bonds is 4. The zero-order valence-electron chi connectivity index (χ0n) is 10.3. The minimum atomic E-state index is -0.270. The Hall–Kier alpha value is -1.17. The van der Waals surface area contributed by atoms with Crippen molar-refractivity contribution in [2.24, 2.45) is 0 Å². The van der Waals surface area contributed by atoms with Crippen LogP contribution in [-0.4, -0.2) is 18.9 Å². The van der Waals surface area contributed by atoms with E-state index in [9.17, 15) is 0 Å². The van der Waals surface area contributed by atoms with E-state index in [1.54, 1.807) is 0 Å². The summed E-state index contributed by atoms with van der Waals surface area (Å²) in [5.74, 6) is 0. The molecule has 3 rings (SSSR count). The molecule has 1 heterocycles. The van der Waals surface area contributed by atoms with Crippen molar-refractivity contribution in [3.05, 3.63) is 60.7 Å². The van der Waals surface area contributed by atoms with Crippen LogP contribution in [0.4, 0.5) is 0 Å². The molecule has 1 aliphatic heterocycles. The van der Waals surface area contributed by atoms with Gasteiger partial charge >= 0.3 is 0 Å². The molecule has 1 unspecified atom stereocenters. The second kappa shape index (κ2) is 5.65. The van der Waals surface area contributed by atoms with E-state index in [1.165, 1.54) is 17.0 Å². The molecule has 2 heteroatoms. The van der Waals surface area contributed by atoms with Crippen LogP contribution in [0.5, 0.6) is 0 Å². The fourth-order valence-corrected chi connectivity index (χ4v) is 4.69. The number of hydrogen-bond donors (Lipinski definition) is 0. The number of ether oxygens (including phenoxy) is 1. The molecule has 1 fully saturated rings. The van der Waals surface area contributed by atoms with Crippen LogP contribution in [0.25, 0.3) is 0 Å². The second-order valence-electron chi connectivity index (χ2n) is 4.56. The molecule has 0 bridgehead atoms. The van der Waals surface area contributed by atoms with Gasteiger partial charge in [-0.1, -0.05) is 60.7 Å². The highest BCUT2D eigenvalue weighted by Crippen LogP contribution is 2.37. The van der Waals surface area contributed by atoms with Crippen LogP contribution in [0.2, 0.25) is 0 Å². The molecule has 1 aliphatic rings. The zero-order valence-corrected chi connectivity index (χ0v) is 11.2. The lowest BCUT2D eigenvalue weighted by Gasteiger charge is -2.31. The molecule has 0 radical (unpaired) electrons. The Morgan fingerprint density at radius 1 is 0.889 bits per heavy atom. The van der Waals surface area contributed by atoms with Gasteiger partial charge in [-0.25, -0.2) is 0 Å². The largest absolute Gasteiger partial charge is 0.378 e. The molecular weight excluding hydrogens is 239 g/mol. The SMILES string of the molecule is c1ccc(P(CC2CCO2)c2ccccc2)cc1. The van der Waals surface area contributed by atoms with Gasteiger partial charge in [-0.15, -0.1) is 0 Å². The number of benzene rings is 2. The van der Waals surface area contributed by atoms with Gasteiger partial charge in [0.2, 0.25) is 0 Å². The number of hydrogen-bond acceptors (Lipinski definition) is 1. The summed E-state index contributed by atoms with van der Waals surface area (Å²) in [4.78, 5) is 0. The van der Waals surface area contributed by atoms with Gasteiger partial charge in [-0.2, -0.15) is 0 Å². The third-order valence-electron chi connectivity index (χ3n) is 3.32.